The molecule has 1 aliphatic heterocycles. The van der Waals surface area contributed by atoms with Crippen molar-refractivity contribution in [2.75, 3.05) is 13.2 Å². The molecule has 1 fully saturated rings. The highest BCUT2D eigenvalue weighted by atomic mass is 16.7. The first-order valence-corrected chi connectivity index (χ1v) is 5.08. The smallest absolute Gasteiger partial charge is 0.187 e. The predicted molar refractivity (Wildman–Crippen MR) is 51.4 cm³/mol. The SMILES string of the molecule is CC(CO)OC1OC(CO)C(O)C(O)C1O. The van der Waals surface area contributed by atoms with Crippen molar-refractivity contribution in [3.8, 4) is 0 Å². The van der Waals surface area contributed by atoms with E-state index in [2.05, 4.69) is 0 Å². The maximum absolute atomic E-state index is 9.54. The van der Waals surface area contributed by atoms with Crippen molar-refractivity contribution in [1.29, 1.82) is 0 Å². The van der Waals surface area contributed by atoms with E-state index in [0.29, 0.717) is 0 Å². The summed E-state index contributed by atoms with van der Waals surface area (Å²) < 4.78 is 10.2. The lowest BCUT2D eigenvalue weighted by molar-refractivity contribution is -0.311. The largest absolute Gasteiger partial charge is 0.394 e. The summed E-state index contributed by atoms with van der Waals surface area (Å²) in [4.78, 5) is 0. The van der Waals surface area contributed by atoms with Crippen molar-refractivity contribution in [3.05, 3.63) is 0 Å². The van der Waals surface area contributed by atoms with E-state index in [4.69, 9.17) is 19.7 Å². The van der Waals surface area contributed by atoms with Gasteiger partial charge in [0.15, 0.2) is 6.29 Å². The molecule has 16 heavy (non-hydrogen) atoms. The molecule has 6 unspecified atom stereocenters. The van der Waals surface area contributed by atoms with Crippen LogP contribution in [0.2, 0.25) is 0 Å². The summed E-state index contributed by atoms with van der Waals surface area (Å²) in [7, 11) is 0. The summed E-state index contributed by atoms with van der Waals surface area (Å²) in [6, 6.07) is 0. The number of ether oxygens (including phenoxy) is 2. The molecule has 0 aliphatic carbocycles. The molecule has 1 aliphatic rings. The average Bonchev–Trinajstić information content (AvgIpc) is 2.29. The topological polar surface area (TPSA) is 120 Å². The standard InChI is InChI=1S/C9H18O7/c1-4(2-10)15-9-8(14)7(13)6(12)5(3-11)16-9/h4-14H,2-3H2,1H3. The molecule has 0 aromatic carbocycles. The molecule has 7 heteroatoms. The van der Waals surface area contributed by atoms with Crippen LogP contribution in [-0.4, -0.2) is 75.6 Å². The van der Waals surface area contributed by atoms with Crippen LogP contribution in [0.5, 0.6) is 0 Å². The highest BCUT2D eigenvalue weighted by molar-refractivity contribution is 4.89. The zero-order valence-electron chi connectivity index (χ0n) is 8.93. The van der Waals surface area contributed by atoms with Gasteiger partial charge >= 0.3 is 0 Å². The molecule has 0 radical (unpaired) electrons. The number of hydrogen-bond acceptors (Lipinski definition) is 7. The normalized spacial score (nSPS) is 42.0. The fourth-order valence-corrected chi connectivity index (χ4v) is 1.45. The van der Waals surface area contributed by atoms with Gasteiger partial charge in [-0.3, -0.25) is 0 Å². The van der Waals surface area contributed by atoms with E-state index < -0.39 is 43.4 Å². The molecule has 0 bridgehead atoms. The highest BCUT2D eigenvalue weighted by Gasteiger charge is 2.44. The summed E-state index contributed by atoms with van der Waals surface area (Å²) in [5.41, 5.74) is 0. The van der Waals surface area contributed by atoms with E-state index in [1.54, 1.807) is 6.92 Å². The molecular weight excluding hydrogens is 220 g/mol. The Balaban J connectivity index is 2.63. The fraction of sp³-hybridized carbons (Fsp3) is 1.00. The molecular formula is C9H18O7. The van der Waals surface area contributed by atoms with Crippen LogP contribution in [0.4, 0.5) is 0 Å². The quantitative estimate of drug-likeness (QED) is 0.358. The van der Waals surface area contributed by atoms with Crippen LogP contribution in [0, 0.1) is 0 Å². The number of rotatable bonds is 4. The maximum atomic E-state index is 9.54. The van der Waals surface area contributed by atoms with Gasteiger partial charge < -0.3 is 35.0 Å². The van der Waals surface area contributed by atoms with Crippen molar-refractivity contribution in [3.63, 3.8) is 0 Å². The van der Waals surface area contributed by atoms with Crippen molar-refractivity contribution in [1.82, 2.24) is 0 Å². The van der Waals surface area contributed by atoms with Crippen LogP contribution in [0.3, 0.4) is 0 Å². The lowest BCUT2D eigenvalue weighted by Gasteiger charge is -2.40. The Morgan fingerprint density at radius 3 is 2.25 bits per heavy atom. The van der Waals surface area contributed by atoms with E-state index in [1.807, 2.05) is 0 Å². The third-order valence-corrected chi connectivity index (χ3v) is 2.47. The van der Waals surface area contributed by atoms with E-state index in [9.17, 15) is 15.3 Å². The van der Waals surface area contributed by atoms with Crippen LogP contribution in [0.25, 0.3) is 0 Å². The molecule has 1 saturated heterocycles. The predicted octanol–water partition coefficient (Wildman–Crippen LogP) is -2.82. The molecule has 0 amide bonds. The van der Waals surface area contributed by atoms with E-state index in [-0.39, 0.29) is 6.61 Å². The third kappa shape index (κ3) is 2.89. The monoisotopic (exact) mass is 238 g/mol. The lowest BCUT2D eigenvalue weighted by atomic mass is 9.99. The molecule has 1 heterocycles. The van der Waals surface area contributed by atoms with Gasteiger partial charge in [-0.05, 0) is 6.92 Å². The van der Waals surface area contributed by atoms with Gasteiger partial charge in [-0.1, -0.05) is 0 Å². The third-order valence-electron chi connectivity index (χ3n) is 2.47. The molecule has 0 spiro atoms. The van der Waals surface area contributed by atoms with Gasteiger partial charge in [0, 0.05) is 0 Å². The van der Waals surface area contributed by atoms with Crippen molar-refractivity contribution in [2.24, 2.45) is 0 Å². The molecule has 5 N–H and O–H groups in total. The van der Waals surface area contributed by atoms with E-state index in [1.165, 1.54) is 0 Å². The zero-order chi connectivity index (χ0) is 12.3. The molecule has 0 saturated carbocycles. The van der Waals surface area contributed by atoms with Gasteiger partial charge in [0.1, 0.15) is 24.4 Å². The Kier molecular flexibility index (Phi) is 5.06. The summed E-state index contributed by atoms with van der Waals surface area (Å²) in [6.45, 7) is 0.786. The fourth-order valence-electron chi connectivity index (χ4n) is 1.45. The first kappa shape index (κ1) is 13.8. The minimum Gasteiger partial charge on any atom is -0.394 e. The first-order valence-electron chi connectivity index (χ1n) is 5.08. The molecule has 1 rings (SSSR count). The molecule has 96 valence electrons. The summed E-state index contributed by atoms with van der Waals surface area (Å²) in [5, 5.41) is 46.1. The van der Waals surface area contributed by atoms with Crippen LogP contribution < -0.4 is 0 Å². The van der Waals surface area contributed by atoms with Gasteiger partial charge in [0.25, 0.3) is 0 Å². The minimum atomic E-state index is -1.46. The molecule has 0 aromatic rings. The van der Waals surface area contributed by atoms with Gasteiger partial charge in [-0.2, -0.15) is 0 Å². The van der Waals surface area contributed by atoms with Crippen LogP contribution >= 0.6 is 0 Å². The Labute approximate surface area is 92.9 Å². The lowest BCUT2D eigenvalue weighted by Crippen LogP contribution is -2.59. The van der Waals surface area contributed by atoms with Crippen LogP contribution in [0.1, 0.15) is 6.92 Å². The Morgan fingerprint density at radius 1 is 1.12 bits per heavy atom. The first-order chi connectivity index (χ1) is 7.51. The summed E-state index contributed by atoms with van der Waals surface area (Å²) in [6.07, 6.45) is -7.04. The Hall–Kier alpha value is -0.280. The van der Waals surface area contributed by atoms with Crippen molar-refractivity contribution < 1.29 is 35.0 Å². The second kappa shape index (κ2) is 5.87. The second-order valence-electron chi connectivity index (χ2n) is 3.83. The average molecular weight is 238 g/mol. The minimum absolute atomic E-state index is 0.269. The van der Waals surface area contributed by atoms with Crippen molar-refractivity contribution >= 4 is 0 Å². The Bertz CT molecular complexity index is 210. The summed E-state index contributed by atoms with van der Waals surface area (Å²) >= 11 is 0. The molecule has 7 nitrogen and oxygen atoms in total. The zero-order valence-corrected chi connectivity index (χ0v) is 8.93. The Morgan fingerprint density at radius 2 is 1.75 bits per heavy atom. The van der Waals surface area contributed by atoms with E-state index in [0.717, 1.165) is 0 Å². The van der Waals surface area contributed by atoms with Gasteiger partial charge in [0.05, 0.1) is 19.3 Å². The summed E-state index contributed by atoms with van der Waals surface area (Å²) in [5.74, 6) is 0. The van der Waals surface area contributed by atoms with Crippen molar-refractivity contribution in [2.45, 2.75) is 43.7 Å². The number of hydrogen-bond donors (Lipinski definition) is 5. The maximum Gasteiger partial charge on any atom is 0.187 e. The molecule has 6 atom stereocenters. The second-order valence-corrected chi connectivity index (χ2v) is 3.83. The molecule has 0 aromatic heterocycles. The number of aliphatic hydroxyl groups is 5. The number of aliphatic hydroxyl groups excluding tert-OH is 5. The highest BCUT2D eigenvalue weighted by Crippen LogP contribution is 2.22. The van der Waals surface area contributed by atoms with Gasteiger partial charge in [-0.25, -0.2) is 0 Å². The van der Waals surface area contributed by atoms with Crippen LogP contribution in [-0.2, 0) is 9.47 Å². The van der Waals surface area contributed by atoms with Crippen LogP contribution in [0.15, 0.2) is 0 Å². The van der Waals surface area contributed by atoms with Gasteiger partial charge in [-0.15, -0.1) is 0 Å². The van der Waals surface area contributed by atoms with Gasteiger partial charge in [0.2, 0.25) is 0 Å². The van der Waals surface area contributed by atoms with E-state index >= 15 is 0 Å².